The third-order valence-corrected chi connectivity index (χ3v) is 10.5. The van der Waals surface area contributed by atoms with Gasteiger partial charge in [0.25, 0.3) is 0 Å². The van der Waals surface area contributed by atoms with E-state index in [1.54, 1.807) is 0 Å². The molecule has 1 atom stereocenters. The zero-order valence-electron chi connectivity index (χ0n) is 19.4. The number of hydrogen-bond donors (Lipinski definition) is 1. The Kier molecular flexibility index (Phi) is 9.40. The van der Waals surface area contributed by atoms with Gasteiger partial charge in [0.15, 0.2) is 0 Å². The standard InChI is InChI=1S/C29H32ClINO2/c30-28-24(17-10-18-25(28)26-19-20-27(33)32-29(26)34)21-11-6-8-15-23(16-9-7-12-21)31-22-13-4-2-1-3-5-14-22/h6-12,15-18,22,26H,1-5,13-14,19-20H2,(H,32,33,34)/q-1. The van der Waals surface area contributed by atoms with Crippen LogP contribution in [0.3, 0.4) is 0 Å². The number of alkyl halides is 1. The number of halogens is 2. The molecule has 0 radical (unpaired) electrons. The molecular weight excluding hydrogens is 557 g/mol. The van der Waals surface area contributed by atoms with Gasteiger partial charge in [-0.3, -0.25) is 4.79 Å². The number of rotatable bonds is 4. The summed E-state index contributed by atoms with van der Waals surface area (Å²) in [4.78, 5) is 23.9. The second kappa shape index (κ2) is 12.7. The van der Waals surface area contributed by atoms with Crippen LogP contribution in [0.1, 0.15) is 69.3 Å². The summed E-state index contributed by atoms with van der Waals surface area (Å²) in [6, 6.07) is 22.9. The average molecular weight is 589 g/mol. The van der Waals surface area contributed by atoms with Crippen molar-refractivity contribution in [3.8, 4) is 11.1 Å². The van der Waals surface area contributed by atoms with E-state index in [1.807, 2.05) is 18.2 Å². The molecule has 34 heavy (non-hydrogen) atoms. The summed E-state index contributed by atoms with van der Waals surface area (Å²) >= 11 is 6.82. The van der Waals surface area contributed by atoms with Crippen molar-refractivity contribution in [3.05, 3.63) is 80.9 Å². The number of carbonyl (C=O) groups is 2. The van der Waals surface area contributed by atoms with Gasteiger partial charge < -0.3 is 0 Å². The van der Waals surface area contributed by atoms with Gasteiger partial charge in [0.2, 0.25) is 5.91 Å². The zero-order valence-corrected chi connectivity index (χ0v) is 22.4. The van der Waals surface area contributed by atoms with Crippen LogP contribution in [-0.4, -0.2) is 15.7 Å². The summed E-state index contributed by atoms with van der Waals surface area (Å²) in [5.41, 5.74) is 2.66. The molecule has 1 aliphatic heterocycles. The van der Waals surface area contributed by atoms with E-state index in [-0.39, 0.29) is 33.0 Å². The van der Waals surface area contributed by atoms with E-state index in [2.05, 4.69) is 53.8 Å². The van der Waals surface area contributed by atoms with Gasteiger partial charge in [0.05, 0.1) is 0 Å². The molecule has 2 aromatic carbocycles. The molecule has 2 amide bonds. The molecule has 1 saturated carbocycles. The first-order valence-electron chi connectivity index (χ1n) is 12.3. The van der Waals surface area contributed by atoms with Crippen molar-refractivity contribution >= 4 is 23.4 Å². The van der Waals surface area contributed by atoms with Crippen LogP contribution < -0.4 is 26.5 Å². The Balaban J connectivity index is 1.56. The summed E-state index contributed by atoms with van der Waals surface area (Å²) in [6.07, 6.45) is 10.6. The van der Waals surface area contributed by atoms with E-state index < -0.39 is 5.92 Å². The van der Waals surface area contributed by atoms with Gasteiger partial charge >= 0.3 is 208 Å². The molecule has 5 heteroatoms. The first-order chi connectivity index (χ1) is 16.6. The Labute approximate surface area is 218 Å². The quantitative estimate of drug-likeness (QED) is 0.333. The molecule has 4 rings (SSSR count). The zero-order chi connectivity index (χ0) is 23.8. The number of amides is 2. The van der Waals surface area contributed by atoms with E-state index in [4.69, 9.17) is 11.6 Å². The molecule has 1 N–H and O–H groups in total. The Morgan fingerprint density at radius 3 is 2.09 bits per heavy atom. The average Bonchev–Trinajstić information content (AvgIpc) is 2.80. The monoisotopic (exact) mass is 588 g/mol. The topological polar surface area (TPSA) is 46.2 Å². The van der Waals surface area contributed by atoms with E-state index in [1.165, 1.54) is 48.5 Å². The predicted molar refractivity (Wildman–Crippen MR) is 134 cm³/mol. The van der Waals surface area contributed by atoms with Crippen molar-refractivity contribution in [2.75, 3.05) is 0 Å². The Morgan fingerprint density at radius 2 is 1.41 bits per heavy atom. The Hall–Kier alpha value is -1.92. The van der Waals surface area contributed by atoms with E-state index in [0.717, 1.165) is 20.6 Å². The molecule has 1 unspecified atom stereocenters. The summed E-state index contributed by atoms with van der Waals surface area (Å²) in [5.74, 6) is -0.876. The van der Waals surface area contributed by atoms with Gasteiger partial charge in [-0.1, -0.05) is 0 Å². The van der Waals surface area contributed by atoms with E-state index >= 15 is 0 Å². The van der Waals surface area contributed by atoms with Crippen LogP contribution in [0.4, 0.5) is 0 Å². The summed E-state index contributed by atoms with van der Waals surface area (Å²) in [5, 5.41) is 3.02. The molecule has 2 aromatic rings. The van der Waals surface area contributed by atoms with Crippen LogP contribution in [0.15, 0.2) is 66.7 Å². The number of nitrogens with one attached hydrogen (secondary N) is 1. The third-order valence-electron chi connectivity index (χ3n) is 6.55. The fourth-order valence-electron chi connectivity index (χ4n) is 4.70. The first kappa shape index (κ1) is 25.2. The maximum absolute atomic E-state index is 12.4. The van der Waals surface area contributed by atoms with Crippen LogP contribution in [0, 0.1) is 3.57 Å². The summed E-state index contributed by atoms with van der Waals surface area (Å²) in [7, 11) is 0. The van der Waals surface area contributed by atoms with Crippen molar-refractivity contribution in [1.82, 2.24) is 5.32 Å². The van der Waals surface area contributed by atoms with Crippen molar-refractivity contribution in [2.45, 2.75) is 67.6 Å². The molecule has 1 aliphatic carbocycles. The van der Waals surface area contributed by atoms with Crippen LogP contribution in [0.2, 0.25) is 5.02 Å². The predicted octanol–water partition coefficient (Wildman–Crippen LogP) is 4.02. The van der Waals surface area contributed by atoms with Crippen molar-refractivity contribution in [3.63, 3.8) is 0 Å². The minimum atomic E-state index is -0.396. The number of hydrogen-bond acceptors (Lipinski definition) is 2. The molecule has 1 saturated heterocycles. The second-order valence-electron chi connectivity index (χ2n) is 9.04. The van der Waals surface area contributed by atoms with Crippen LogP contribution in [0.25, 0.3) is 11.1 Å². The molecular formula is C29H32ClINO2-. The molecule has 2 aliphatic rings. The van der Waals surface area contributed by atoms with Crippen molar-refractivity contribution in [2.24, 2.45) is 0 Å². The number of carbonyl (C=O) groups excluding carboxylic acids is 2. The molecule has 0 spiro atoms. The van der Waals surface area contributed by atoms with Crippen LogP contribution in [0.5, 0.6) is 0 Å². The molecule has 0 bridgehead atoms. The number of benzene rings is 1. The van der Waals surface area contributed by atoms with Crippen molar-refractivity contribution < 1.29 is 30.8 Å². The second-order valence-corrected chi connectivity index (χ2v) is 13.0. The minimum absolute atomic E-state index is 0.00599. The van der Waals surface area contributed by atoms with Crippen LogP contribution in [-0.2, 0) is 9.59 Å². The molecule has 180 valence electrons. The first-order valence-corrected chi connectivity index (χ1v) is 15.0. The number of imide groups is 1. The fourth-order valence-corrected chi connectivity index (χ4v) is 8.42. The maximum atomic E-state index is 12.4. The third kappa shape index (κ3) is 6.82. The SMILES string of the molecule is O=C1CCC(c2cccc(-c3ccccc([I-]C4CCCCCCC4)cccc3)c2Cl)C(=O)N1. The van der Waals surface area contributed by atoms with Gasteiger partial charge in [-0.25, -0.2) is 0 Å². The van der Waals surface area contributed by atoms with Gasteiger partial charge in [-0.2, -0.15) is 0 Å². The van der Waals surface area contributed by atoms with E-state index in [9.17, 15) is 9.59 Å². The van der Waals surface area contributed by atoms with E-state index in [0.29, 0.717) is 17.9 Å². The van der Waals surface area contributed by atoms with Gasteiger partial charge in [-0.15, -0.1) is 0 Å². The van der Waals surface area contributed by atoms with Crippen molar-refractivity contribution in [1.29, 1.82) is 0 Å². The van der Waals surface area contributed by atoms with Crippen LogP contribution >= 0.6 is 11.6 Å². The Bertz CT molecular complexity index is 1050. The molecule has 3 nitrogen and oxygen atoms in total. The summed E-state index contributed by atoms with van der Waals surface area (Å²) < 4.78 is 2.38. The number of piperidine rings is 1. The molecule has 1 heterocycles. The fraction of sp³-hybridized carbons (Fsp3) is 0.379. The Morgan fingerprint density at radius 1 is 0.765 bits per heavy atom. The molecule has 0 aromatic heterocycles. The molecule has 2 fully saturated rings. The van der Waals surface area contributed by atoms with Gasteiger partial charge in [0.1, 0.15) is 0 Å². The summed E-state index contributed by atoms with van der Waals surface area (Å²) in [6.45, 7) is 0. The normalized spacial score (nSPS) is 19.6. The van der Waals surface area contributed by atoms with Gasteiger partial charge in [-0.05, 0) is 0 Å². The van der Waals surface area contributed by atoms with Gasteiger partial charge in [0, 0.05) is 0 Å².